The molecule has 0 radical (unpaired) electrons. The summed E-state index contributed by atoms with van der Waals surface area (Å²) in [5.41, 5.74) is 0. The van der Waals surface area contributed by atoms with Gasteiger partial charge in [-0.1, -0.05) is 224 Å². The molecule has 0 saturated carbocycles. The minimum absolute atomic E-state index is 0.183. The third-order valence-electron chi connectivity index (χ3n) is 12.3. The second kappa shape index (κ2) is 41.7. The van der Waals surface area contributed by atoms with Gasteiger partial charge in [0.25, 0.3) is 0 Å². The van der Waals surface area contributed by atoms with Gasteiger partial charge in [0.2, 0.25) is 5.91 Å². The molecule has 354 valence electrons. The quantitative estimate of drug-likeness (QED) is 0.0262. The van der Waals surface area contributed by atoms with E-state index in [9.17, 15) is 30.3 Å². The molecule has 1 aliphatic heterocycles. The number of hydrogen-bond donors (Lipinski definition) is 6. The Labute approximate surface area is 369 Å². The predicted molar refractivity (Wildman–Crippen MR) is 249 cm³/mol. The van der Waals surface area contributed by atoms with Crippen molar-refractivity contribution >= 4 is 5.91 Å². The molecule has 0 aromatic rings. The Morgan fingerprint density at radius 3 is 1.40 bits per heavy atom. The van der Waals surface area contributed by atoms with Crippen LogP contribution in [0.2, 0.25) is 0 Å². The highest BCUT2D eigenvalue weighted by Crippen LogP contribution is 2.23. The number of carbonyl (C=O) groups is 1. The molecule has 0 aromatic heterocycles. The average Bonchev–Trinajstić information content (AvgIpc) is 3.25. The summed E-state index contributed by atoms with van der Waals surface area (Å²) < 4.78 is 11.2. The first kappa shape index (κ1) is 56.7. The lowest BCUT2D eigenvalue weighted by Crippen LogP contribution is -2.60. The molecule has 0 aliphatic carbocycles. The van der Waals surface area contributed by atoms with Gasteiger partial charge in [-0.3, -0.25) is 4.79 Å². The molecule has 6 N–H and O–H groups in total. The highest BCUT2D eigenvalue weighted by atomic mass is 16.7. The third kappa shape index (κ3) is 31.5. The maximum atomic E-state index is 13.0. The Kier molecular flexibility index (Phi) is 39.4. The van der Waals surface area contributed by atoms with Crippen LogP contribution in [-0.4, -0.2) is 87.5 Å². The Balaban J connectivity index is 2.32. The van der Waals surface area contributed by atoms with E-state index in [4.69, 9.17) is 9.47 Å². The molecular formula is C51H97NO8. The SMILES string of the molecule is CCCCCCCCCCCCCCC/C=C/CC/C=C/C(O)C(COC1OC(CO)C(O)C(O)C1O)NC(=O)CCCCCCCCCCCCCCCCCCCC. The fourth-order valence-corrected chi connectivity index (χ4v) is 8.17. The van der Waals surface area contributed by atoms with Crippen LogP contribution in [0.15, 0.2) is 24.3 Å². The molecule has 7 unspecified atom stereocenters. The Hall–Kier alpha value is -1.33. The molecular weight excluding hydrogens is 755 g/mol. The van der Waals surface area contributed by atoms with Crippen LogP contribution in [0.4, 0.5) is 0 Å². The number of allylic oxidation sites excluding steroid dienone is 3. The van der Waals surface area contributed by atoms with Crippen LogP contribution >= 0.6 is 0 Å². The maximum absolute atomic E-state index is 13.0. The first-order valence-electron chi connectivity index (χ1n) is 25.6. The van der Waals surface area contributed by atoms with Crippen LogP contribution in [-0.2, 0) is 14.3 Å². The standard InChI is InChI=1S/C51H97NO8/c1-3-5-7-9-11-13-15-17-19-21-23-24-26-28-30-32-34-36-38-40-45(54)44(43-59-51-50(58)49(57)48(56)46(42-53)60-51)52-47(55)41-39-37-35-33-31-29-27-25-22-20-18-16-14-12-10-8-6-4-2/h30,32,38,40,44-46,48-51,53-54,56-58H,3-29,31,33-37,39,41-43H2,1-2H3,(H,52,55)/b32-30+,40-38+. The summed E-state index contributed by atoms with van der Waals surface area (Å²) in [5.74, 6) is -0.183. The third-order valence-corrected chi connectivity index (χ3v) is 12.3. The van der Waals surface area contributed by atoms with E-state index in [0.717, 1.165) is 38.5 Å². The van der Waals surface area contributed by atoms with Gasteiger partial charge in [-0.15, -0.1) is 0 Å². The highest BCUT2D eigenvalue weighted by molar-refractivity contribution is 5.76. The van der Waals surface area contributed by atoms with Gasteiger partial charge in [0.1, 0.15) is 24.4 Å². The predicted octanol–water partition coefficient (Wildman–Crippen LogP) is 11.5. The number of ether oxygens (including phenoxy) is 2. The van der Waals surface area contributed by atoms with Gasteiger partial charge in [0, 0.05) is 6.42 Å². The molecule has 1 aliphatic rings. The van der Waals surface area contributed by atoms with Gasteiger partial charge in [-0.25, -0.2) is 0 Å². The summed E-state index contributed by atoms with van der Waals surface area (Å²) in [6, 6.07) is -0.817. The molecule has 0 aromatic carbocycles. The van der Waals surface area contributed by atoms with Crippen LogP contribution in [0, 0.1) is 0 Å². The first-order valence-corrected chi connectivity index (χ1v) is 25.6. The van der Waals surface area contributed by atoms with E-state index in [1.807, 2.05) is 6.08 Å². The van der Waals surface area contributed by atoms with Crippen molar-refractivity contribution in [3.63, 3.8) is 0 Å². The van der Waals surface area contributed by atoms with Crippen molar-refractivity contribution in [1.29, 1.82) is 0 Å². The van der Waals surface area contributed by atoms with E-state index in [1.54, 1.807) is 6.08 Å². The zero-order valence-electron chi connectivity index (χ0n) is 39.0. The van der Waals surface area contributed by atoms with Gasteiger partial charge < -0.3 is 40.3 Å². The van der Waals surface area contributed by atoms with Crippen molar-refractivity contribution in [1.82, 2.24) is 5.32 Å². The Morgan fingerprint density at radius 2 is 0.950 bits per heavy atom. The minimum Gasteiger partial charge on any atom is -0.394 e. The number of amides is 1. The highest BCUT2D eigenvalue weighted by Gasteiger charge is 2.44. The zero-order chi connectivity index (χ0) is 43.7. The Bertz CT molecular complexity index is 992. The van der Waals surface area contributed by atoms with E-state index < -0.39 is 49.5 Å². The van der Waals surface area contributed by atoms with E-state index in [0.29, 0.717) is 6.42 Å². The van der Waals surface area contributed by atoms with Crippen molar-refractivity contribution < 1.29 is 39.8 Å². The summed E-state index contributed by atoms with van der Waals surface area (Å²) in [6.07, 6.45) is 43.7. The fourth-order valence-electron chi connectivity index (χ4n) is 8.17. The van der Waals surface area contributed by atoms with Crippen molar-refractivity contribution in [3.8, 4) is 0 Å². The molecule has 7 atom stereocenters. The van der Waals surface area contributed by atoms with Crippen molar-refractivity contribution in [3.05, 3.63) is 24.3 Å². The maximum Gasteiger partial charge on any atom is 0.220 e. The molecule has 60 heavy (non-hydrogen) atoms. The topological polar surface area (TPSA) is 149 Å². The molecule has 0 bridgehead atoms. The van der Waals surface area contributed by atoms with Crippen LogP contribution in [0.25, 0.3) is 0 Å². The zero-order valence-corrected chi connectivity index (χ0v) is 39.0. The molecule has 1 amide bonds. The van der Waals surface area contributed by atoms with Gasteiger partial charge in [-0.05, 0) is 32.1 Å². The van der Waals surface area contributed by atoms with Gasteiger partial charge in [-0.2, -0.15) is 0 Å². The van der Waals surface area contributed by atoms with Crippen molar-refractivity contribution in [2.24, 2.45) is 0 Å². The summed E-state index contributed by atoms with van der Waals surface area (Å²) >= 11 is 0. The number of aliphatic hydroxyl groups excluding tert-OH is 5. The molecule has 1 saturated heterocycles. The molecule has 9 heteroatoms. The number of carbonyl (C=O) groups excluding carboxylic acids is 1. The molecule has 1 heterocycles. The lowest BCUT2D eigenvalue weighted by molar-refractivity contribution is -0.302. The Morgan fingerprint density at radius 1 is 0.550 bits per heavy atom. The normalized spacial score (nSPS) is 20.7. The number of rotatable bonds is 43. The van der Waals surface area contributed by atoms with Gasteiger partial charge in [0.15, 0.2) is 6.29 Å². The number of hydrogen-bond acceptors (Lipinski definition) is 8. The number of aliphatic hydroxyl groups is 5. The monoisotopic (exact) mass is 852 g/mol. The number of nitrogens with one attached hydrogen (secondary N) is 1. The second-order valence-corrected chi connectivity index (χ2v) is 18.0. The minimum atomic E-state index is -1.57. The van der Waals surface area contributed by atoms with Crippen molar-refractivity contribution in [2.75, 3.05) is 13.2 Å². The molecule has 9 nitrogen and oxygen atoms in total. The fraction of sp³-hybridized carbons (Fsp3) is 0.902. The van der Waals surface area contributed by atoms with Crippen LogP contribution < -0.4 is 5.32 Å². The smallest absolute Gasteiger partial charge is 0.220 e. The lowest BCUT2D eigenvalue weighted by atomic mass is 9.99. The lowest BCUT2D eigenvalue weighted by Gasteiger charge is -2.40. The molecule has 0 spiro atoms. The second-order valence-electron chi connectivity index (χ2n) is 18.0. The first-order chi connectivity index (χ1) is 29.3. The van der Waals surface area contributed by atoms with E-state index in [-0.39, 0.29) is 12.5 Å². The van der Waals surface area contributed by atoms with Crippen LogP contribution in [0.3, 0.4) is 0 Å². The van der Waals surface area contributed by atoms with Gasteiger partial charge in [0.05, 0.1) is 25.4 Å². The van der Waals surface area contributed by atoms with E-state index >= 15 is 0 Å². The summed E-state index contributed by atoms with van der Waals surface area (Å²) in [7, 11) is 0. The van der Waals surface area contributed by atoms with Gasteiger partial charge >= 0.3 is 0 Å². The summed E-state index contributed by atoms with van der Waals surface area (Å²) in [5, 5.41) is 54.3. The van der Waals surface area contributed by atoms with Crippen LogP contribution in [0.5, 0.6) is 0 Å². The average molecular weight is 852 g/mol. The van der Waals surface area contributed by atoms with E-state index in [2.05, 4.69) is 31.3 Å². The summed E-state index contributed by atoms with van der Waals surface area (Å²) in [4.78, 5) is 13.0. The van der Waals surface area contributed by atoms with Crippen molar-refractivity contribution in [2.45, 2.75) is 281 Å². The number of unbranched alkanes of at least 4 members (excludes halogenated alkanes) is 31. The summed E-state index contributed by atoms with van der Waals surface area (Å²) in [6.45, 7) is 3.78. The molecule has 1 fully saturated rings. The van der Waals surface area contributed by atoms with Crippen LogP contribution in [0.1, 0.15) is 239 Å². The largest absolute Gasteiger partial charge is 0.394 e. The molecule has 1 rings (SSSR count). The van der Waals surface area contributed by atoms with E-state index in [1.165, 1.54) is 180 Å².